The minimum Gasteiger partial charge on any atom is -0.462 e. The fourth-order valence-corrected chi connectivity index (χ4v) is 1.39. The quantitative estimate of drug-likeness (QED) is 0.602. The Morgan fingerprint density at radius 3 is 3.06 bits per heavy atom. The van der Waals surface area contributed by atoms with E-state index in [0.717, 1.165) is 0 Å². The minimum absolute atomic E-state index is 0.0288. The average molecular weight is 237 g/mol. The summed E-state index contributed by atoms with van der Waals surface area (Å²) in [7, 11) is 0. The van der Waals surface area contributed by atoms with Crippen molar-refractivity contribution in [2.45, 2.75) is 6.42 Å². The van der Waals surface area contributed by atoms with Gasteiger partial charge in [0.05, 0.1) is 17.7 Å². The van der Waals surface area contributed by atoms with Crippen LogP contribution in [-0.2, 0) is 4.74 Å². The molecule has 1 heterocycles. The number of aromatic nitrogens is 1. The van der Waals surface area contributed by atoms with Crippen molar-refractivity contribution in [1.82, 2.24) is 4.98 Å². The van der Waals surface area contributed by atoms with Crippen LogP contribution in [0, 0.1) is 0 Å². The molecule has 0 spiro atoms. The van der Waals surface area contributed by atoms with E-state index >= 15 is 0 Å². The number of rotatable bonds is 4. The highest BCUT2D eigenvalue weighted by atomic mass is 16.5. The van der Waals surface area contributed by atoms with Crippen molar-refractivity contribution in [3.63, 3.8) is 0 Å². The van der Waals surface area contributed by atoms with Crippen LogP contribution in [0.25, 0.3) is 11.1 Å². The lowest BCUT2D eigenvalue weighted by atomic mass is 10.2. The summed E-state index contributed by atoms with van der Waals surface area (Å²) < 4.78 is 9.72. The maximum atomic E-state index is 11.5. The number of nitrogens with one attached hydrogen (secondary N) is 1. The molecule has 0 saturated carbocycles. The predicted octanol–water partition coefficient (Wildman–Crippen LogP) is 0.660. The highest BCUT2D eigenvalue weighted by Gasteiger charge is 2.09. The molecule has 0 radical (unpaired) electrons. The number of benzene rings is 1. The van der Waals surface area contributed by atoms with Crippen LogP contribution in [0.15, 0.2) is 27.4 Å². The highest BCUT2D eigenvalue weighted by Crippen LogP contribution is 2.13. The van der Waals surface area contributed by atoms with E-state index < -0.39 is 11.7 Å². The maximum absolute atomic E-state index is 11.5. The third-order valence-corrected chi connectivity index (χ3v) is 2.19. The Kier molecular flexibility index (Phi) is 3.24. The average Bonchev–Trinajstić information content (AvgIpc) is 2.68. The van der Waals surface area contributed by atoms with E-state index in [9.17, 15) is 9.59 Å². The first-order valence-electron chi connectivity index (χ1n) is 5.11. The van der Waals surface area contributed by atoms with Crippen LogP contribution in [0.1, 0.15) is 16.8 Å². The Morgan fingerprint density at radius 1 is 1.47 bits per heavy atom. The molecule has 1 aromatic heterocycles. The third kappa shape index (κ3) is 2.54. The van der Waals surface area contributed by atoms with Crippen molar-refractivity contribution >= 4 is 17.1 Å². The number of hydrogen-bond donors (Lipinski definition) is 2. The lowest BCUT2D eigenvalue weighted by molar-refractivity contribution is 0.0482. The first-order valence-corrected chi connectivity index (χ1v) is 5.11. The zero-order chi connectivity index (χ0) is 12.3. The zero-order valence-corrected chi connectivity index (χ0v) is 8.93. The molecule has 0 unspecified atom stereocenters. The minimum atomic E-state index is -0.564. The molecule has 2 N–H and O–H groups in total. The number of aliphatic hydroxyl groups excluding tert-OH is 1. The molecule has 0 bridgehead atoms. The summed E-state index contributed by atoms with van der Waals surface area (Å²) in [5.74, 6) is -1.07. The highest BCUT2D eigenvalue weighted by molar-refractivity contribution is 5.93. The van der Waals surface area contributed by atoms with Crippen molar-refractivity contribution in [3.05, 3.63) is 34.3 Å². The zero-order valence-electron chi connectivity index (χ0n) is 8.93. The van der Waals surface area contributed by atoms with E-state index in [0.29, 0.717) is 23.1 Å². The fourth-order valence-electron chi connectivity index (χ4n) is 1.39. The van der Waals surface area contributed by atoms with Crippen LogP contribution in [0.3, 0.4) is 0 Å². The van der Waals surface area contributed by atoms with Gasteiger partial charge in [-0.1, -0.05) is 0 Å². The molecule has 0 aliphatic heterocycles. The topological polar surface area (TPSA) is 92.5 Å². The van der Waals surface area contributed by atoms with Gasteiger partial charge in [0.1, 0.15) is 0 Å². The van der Waals surface area contributed by atoms with E-state index in [1.165, 1.54) is 12.1 Å². The standard InChI is InChI=1S/C11H11NO5/c13-4-1-5-16-10(14)7-2-3-8-9(6-7)17-11(15)12-8/h2-3,6,13H,1,4-5H2,(H,12,15). The molecule has 0 fully saturated rings. The monoisotopic (exact) mass is 237 g/mol. The molecule has 0 atom stereocenters. The SMILES string of the molecule is O=C(OCCCO)c1ccc2[nH]c(=O)oc2c1. The van der Waals surface area contributed by atoms with E-state index in [4.69, 9.17) is 14.3 Å². The number of hydrogen-bond acceptors (Lipinski definition) is 5. The molecule has 17 heavy (non-hydrogen) atoms. The van der Waals surface area contributed by atoms with Gasteiger partial charge >= 0.3 is 11.7 Å². The summed E-state index contributed by atoms with van der Waals surface area (Å²) in [6.45, 7) is 0.128. The second kappa shape index (κ2) is 4.84. The molecule has 90 valence electrons. The Balaban J connectivity index is 2.17. The number of ether oxygens (including phenoxy) is 1. The van der Waals surface area contributed by atoms with Gasteiger partial charge in [-0.25, -0.2) is 9.59 Å². The van der Waals surface area contributed by atoms with Crippen molar-refractivity contribution in [2.24, 2.45) is 0 Å². The lowest BCUT2D eigenvalue weighted by Crippen LogP contribution is -2.07. The van der Waals surface area contributed by atoms with Gasteiger partial charge in [0, 0.05) is 13.0 Å². The molecule has 0 aliphatic carbocycles. The van der Waals surface area contributed by atoms with Gasteiger partial charge in [0.25, 0.3) is 0 Å². The first kappa shape index (κ1) is 11.4. The van der Waals surface area contributed by atoms with Crippen LogP contribution in [0.2, 0.25) is 0 Å². The van der Waals surface area contributed by atoms with Crippen molar-refractivity contribution in [1.29, 1.82) is 0 Å². The van der Waals surface area contributed by atoms with Gasteiger partial charge in [0.2, 0.25) is 0 Å². The van der Waals surface area contributed by atoms with Gasteiger partial charge in [0.15, 0.2) is 5.58 Å². The number of carbonyl (C=O) groups excluding carboxylic acids is 1. The Bertz CT molecular complexity index is 583. The number of aromatic amines is 1. The molecular weight excluding hydrogens is 226 g/mol. The number of H-pyrrole nitrogens is 1. The second-order valence-electron chi connectivity index (χ2n) is 3.44. The molecule has 1 aromatic carbocycles. The summed E-state index contributed by atoms with van der Waals surface area (Å²) in [5.41, 5.74) is 1.15. The van der Waals surface area contributed by atoms with Gasteiger partial charge < -0.3 is 14.3 Å². The number of aliphatic hydroxyl groups is 1. The Hall–Kier alpha value is -2.08. The van der Waals surface area contributed by atoms with Crippen molar-refractivity contribution < 1.29 is 19.1 Å². The van der Waals surface area contributed by atoms with Crippen LogP contribution >= 0.6 is 0 Å². The molecule has 6 heteroatoms. The van der Waals surface area contributed by atoms with Gasteiger partial charge in [-0.2, -0.15) is 0 Å². The second-order valence-corrected chi connectivity index (χ2v) is 3.44. The number of fused-ring (bicyclic) bond motifs is 1. The van der Waals surface area contributed by atoms with E-state index in [1.807, 2.05) is 0 Å². The largest absolute Gasteiger partial charge is 0.462 e. The number of carbonyl (C=O) groups is 1. The molecule has 0 amide bonds. The van der Waals surface area contributed by atoms with Gasteiger partial charge in [-0.15, -0.1) is 0 Å². The van der Waals surface area contributed by atoms with Crippen molar-refractivity contribution in [3.8, 4) is 0 Å². The fraction of sp³-hybridized carbons (Fsp3) is 0.273. The van der Waals surface area contributed by atoms with Crippen LogP contribution in [0.4, 0.5) is 0 Å². The summed E-state index contributed by atoms with van der Waals surface area (Å²) in [5, 5.41) is 8.55. The summed E-state index contributed by atoms with van der Waals surface area (Å²) in [6.07, 6.45) is 0.396. The van der Waals surface area contributed by atoms with Gasteiger partial charge in [-0.05, 0) is 18.2 Å². The molecule has 6 nitrogen and oxygen atoms in total. The van der Waals surface area contributed by atoms with Gasteiger partial charge in [-0.3, -0.25) is 4.98 Å². The summed E-state index contributed by atoms with van der Waals surface area (Å²) in [4.78, 5) is 24.9. The third-order valence-electron chi connectivity index (χ3n) is 2.19. The normalized spacial score (nSPS) is 10.6. The van der Waals surface area contributed by atoms with Crippen molar-refractivity contribution in [2.75, 3.05) is 13.2 Å². The smallest absolute Gasteiger partial charge is 0.417 e. The van der Waals surface area contributed by atoms with Crippen LogP contribution in [-0.4, -0.2) is 29.3 Å². The predicted molar refractivity (Wildman–Crippen MR) is 58.8 cm³/mol. The molecular formula is C11H11NO5. The molecule has 0 aliphatic rings. The number of oxazole rings is 1. The Labute approximate surface area is 95.8 Å². The van der Waals surface area contributed by atoms with E-state index in [-0.39, 0.29) is 13.2 Å². The maximum Gasteiger partial charge on any atom is 0.417 e. The Morgan fingerprint density at radius 2 is 2.29 bits per heavy atom. The molecule has 2 aromatic rings. The van der Waals surface area contributed by atoms with Crippen LogP contribution < -0.4 is 5.76 Å². The molecule has 2 rings (SSSR count). The lowest BCUT2D eigenvalue weighted by Gasteiger charge is -2.02. The van der Waals surface area contributed by atoms with Crippen LogP contribution in [0.5, 0.6) is 0 Å². The first-order chi connectivity index (χ1) is 8.20. The van der Waals surface area contributed by atoms with E-state index in [1.54, 1.807) is 6.07 Å². The summed E-state index contributed by atoms with van der Waals surface area (Å²) >= 11 is 0. The number of esters is 1. The summed E-state index contributed by atoms with van der Waals surface area (Å²) in [6, 6.07) is 4.55. The molecule has 0 saturated heterocycles. The van der Waals surface area contributed by atoms with E-state index in [2.05, 4.69) is 4.98 Å².